The largest absolute Gasteiger partial charge is 0.477 e. The third kappa shape index (κ3) is 10.8. The van der Waals surface area contributed by atoms with Crippen LogP contribution in [0.25, 0.3) is 0 Å². The number of thiol groups is 1. The van der Waals surface area contributed by atoms with Gasteiger partial charge in [0.2, 0.25) is 0 Å². The minimum absolute atomic E-state index is 0.130. The fraction of sp³-hybridized carbons (Fsp3) is 0.250. The Morgan fingerprint density at radius 2 is 1.69 bits per heavy atom. The van der Waals surface area contributed by atoms with Crippen LogP contribution < -0.4 is 0 Å². The van der Waals surface area contributed by atoms with Crippen LogP contribution in [-0.2, 0) is 14.3 Å². The molecule has 0 amide bonds. The highest BCUT2D eigenvalue weighted by atomic mass is 32.1. The van der Waals surface area contributed by atoms with E-state index in [1.165, 1.54) is 7.11 Å². The van der Waals surface area contributed by atoms with E-state index < -0.39 is 5.97 Å². The first-order valence-corrected chi connectivity index (χ1v) is 3.62. The predicted molar refractivity (Wildman–Crippen MR) is 52.6 cm³/mol. The molecule has 0 rings (SSSR count). The van der Waals surface area contributed by atoms with Gasteiger partial charge in [-0.25, -0.2) is 9.59 Å². The van der Waals surface area contributed by atoms with Gasteiger partial charge in [-0.1, -0.05) is 13.2 Å². The fourth-order valence-corrected chi connectivity index (χ4v) is 0.174. The van der Waals surface area contributed by atoms with Crippen molar-refractivity contribution in [2.24, 2.45) is 0 Å². The van der Waals surface area contributed by atoms with Gasteiger partial charge in [-0.3, -0.25) is 0 Å². The molecule has 0 fully saturated rings. The average molecular weight is 204 g/mol. The van der Waals surface area contributed by atoms with Gasteiger partial charge in [-0.2, -0.15) is 0 Å². The van der Waals surface area contributed by atoms with Crippen molar-refractivity contribution in [1.29, 1.82) is 0 Å². The molecule has 0 saturated carbocycles. The van der Waals surface area contributed by atoms with Crippen LogP contribution in [0.1, 0.15) is 6.92 Å². The van der Waals surface area contributed by atoms with Crippen LogP contribution in [0, 0.1) is 0 Å². The molecule has 1 N–H and O–H groups in total. The number of esters is 1. The summed E-state index contributed by atoms with van der Waals surface area (Å²) in [6.07, 6.45) is 0. The Morgan fingerprint density at radius 3 is 1.69 bits per heavy atom. The molecule has 0 aliphatic carbocycles. The SMILES string of the molecule is C=C(C)C(=O)OC.C=C(S)C(=O)O. The van der Waals surface area contributed by atoms with Crippen LogP contribution in [0.3, 0.4) is 0 Å². The van der Waals surface area contributed by atoms with Crippen LogP contribution in [-0.4, -0.2) is 24.2 Å². The number of carboxylic acid groups (broad SMARTS) is 1. The van der Waals surface area contributed by atoms with Gasteiger partial charge >= 0.3 is 11.9 Å². The van der Waals surface area contributed by atoms with E-state index in [4.69, 9.17) is 5.11 Å². The van der Waals surface area contributed by atoms with E-state index in [-0.39, 0.29) is 10.9 Å². The van der Waals surface area contributed by atoms with Crippen LogP contribution in [0.4, 0.5) is 0 Å². The standard InChI is InChI=1S/C5H8O2.C3H4O2S/c1-4(2)5(6)7-3;1-2(6)3(4)5/h1H2,2-3H3;6H,1H2,(H,4,5). The maximum Gasteiger partial charge on any atom is 0.341 e. The molecule has 0 aliphatic heterocycles. The maximum atomic E-state index is 10.2. The molecular weight excluding hydrogens is 192 g/mol. The lowest BCUT2D eigenvalue weighted by Crippen LogP contribution is -1.98. The van der Waals surface area contributed by atoms with E-state index in [1.807, 2.05) is 0 Å². The van der Waals surface area contributed by atoms with E-state index in [9.17, 15) is 9.59 Å². The minimum atomic E-state index is -1.07. The quantitative estimate of drug-likeness (QED) is 0.403. The van der Waals surface area contributed by atoms with Crippen molar-refractivity contribution in [1.82, 2.24) is 0 Å². The minimum Gasteiger partial charge on any atom is -0.477 e. The van der Waals surface area contributed by atoms with Crippen molar-refractivity contribution in [2.75, 3.05) is 7.11 Å². The van der Waals surface area contributed by atoms with E-state index in [1.54, 1.807) is 6.92 Å². The average Bonchev–Trinajstić information content (AvgIpc) is 2.03. The number of aliphatic carboxylic acids is 1. The third-order valence-corrected chi connectivity index (χ3v) is 0.972. The Bertz CT molecular complexity index is 220. The summed E-state index contributed by atoms with van der Waals surface area (Å²) in [5.41, 5.74) is 0.433. The normalized spacial score (nSPS) is 7.62. The van der Waals surface area contributed by atoms with Crippen molar-refractivity contribution in [2.45, 2.75) is 6.92 Å². The Balaban J connectivity index is 0. The molecule has 0 aromatic rings. The number of hydrogen-bond donors (Lipinski definition) is 2. The summed E-state index contributed by atoms with van der Waals surface area (Å²) in [5, 5.41) is 7.81. The second-order valence-corrected chi connectivity index (χ2v) is 2.56. The van der Waals surface area contributed by atoms with E-state index in [0.717, 1.165) is 0 Å². The zero-order chi connectivity index (χ0) is 11.0. The number of methoxy groups -OCH3 is 1. The van der Waals surface area contributed by atoms with Crippen LogP contribution in [0.5, 0.6) is 0 Å². The zero-order valence-electron chi connectivity index (χ0n) is 7.53. The second-order valence-electron chi connectivity index (χ2n) is 2.02. The Kier molecular flexibility index (Phi) is 8.16. The molecule has 0 radical (unpaired) electrons. The monoisotopic (exact) mass is 204 g/mol. The Labute approximate surface area is 82.3 Å². The number of ether oxygens (including phenoxy) is 1. The third-order valence-electron chi connectivity index (χ3n) is 0.781. The van der Waals surface area contributed by atoms with Crippen molar-refractivity contribution < 1.29 is 19.4 Å². The lowest BCUT2D eigenvalue weighted by Gasteiger charge is -1.91. The van der Waals surface area contributed by atoms with Gasteiger partial charge < -0.3 is 9.84 Å². The molecule has 4 nitrogen and oxygen atoms in total. The highest BCUT2D eigenvalue weighted by Gasteiger charge is 1.95. The molecule has 0 unspecified atom stereocenters. The van der Waals surface area contributed by atoms with Gasteiger partial charge in [0.25, 0.3) is 0 Å². The molecule has 13 heavy (non-hydrogen) atoms. The molecule has 0 aliphatic rings. The number of carboxylic acids is 1. The molecule has 0 atom stereocenters. The Morgan fingerprint density at radius 1 is 1.38 bits per heavy atom. The van der Waals surface area contributed by atoms with Crippen molar-refractivity contribution >= 4 is 24.6 Å². The van der Waals surface area contributed by atoms with Crippen LogP contribution in [0.2, 0.25) is 0 Å². The van der Waals surface area contributed by atoms with Crippen molar-refractivity contribution in [3.8, 4) is 0 Å². The highest BCUT2D eigenvalue weighted by molar-refractivity contribution is 7.85. The lowest BCUT2D eigenvalue weighted by molar-refractivity contribution is -0.136. The molecule has 5 heteroatoms. The summed E-state index contributed by atoms with van der Waals surface area (Å²) < 4.78 is 4.27. The summed E-state index contributed by atoms with van der Waals surface area (Å²) in [4.78, 5) is 19.6. The van der Waals surface area contributed by atoms with Crippen LogP contribution >= 0.6 is 12.6 Å². The number of hydrogen-bond acceptors (Lipinski definition) is 4. The summed E-state index contributed by atoms with van der Waals surface area (Å²) in [5.74, 6) is -1.42. The van der Waals surface area contributed by atoms with Gasteiger partial charge in [-0.15, -0.1) is 12.6 Å². The number of carbonyl (C=O) groups is 2. The molecule has 0 spiro atoms. The molecule has 0 heterocycles. The highest BCUT2D eigenvalue weighted by Crippen LogP contribution is 1.91. The molecule has 0 aromatic carbocycles. The fourth-order valence-electron chi connectivity index (χ4n) is 0.174. The van der Waals surface area contributed by atoms with Gasteiger partial charge in [-0.05, 0) is 6.92 Å². The van der Waals surface area contributed by atoms with Gasteiger partial charge in [0, 0.05) is 5.57 Å². The summed E-state index contributed by atoms with van der Waals surface area (Å²) in [7, 11) is 1.33. The Hall–Kier alpha value is -1.23. The van der Waals surface area contributed by atoms with Gasteiger partial charge in [0.05, 0.1) is 12.0 Å². The lowest BCUT2D eigenvalue weighted by atomic mass is 10.4. The number of carbonyl (C=O) groups excluding carboxylic acids is 1. The van der Waals surface area contributed by atoms with Gasteiger partial charge in [0.15, 0.2) is 0 Å². The second kappa shape index (κ2) is 7.42. The summed E-state index contributed by atoms with van der Waals surface area (Å²) >= 11 is 3.40. The molecule has 0 bridgehead atoms. The molecule has 74 valence electrons. The zero-order valence-corrected chi connectivity index (χ0v) is 8.43. The number of rotatable bonds is 2. The molecule has 0 saturated heterocycles. The summed E-state index contributed by atoms with van der Waals surface area (Å²) in [6, 6.07) is 0. The van der Waals surface area contributed by atoms with Gasteiger partial charge in [0.1, 0.15) is 0 Å². The van der Waals surface area contributed by atoms with Crippen molar-refractivity contribution in [3.05, 3.63) is 23.6 Å². The molecule has 0 aromatic heterocycles. The maximum absolute atomic E-state index is 10.2. The topological polar surface area (TPSA) is 63.6 Å². The summed E-state index contributed by atoms with van der Waals surface area (Å²) in [6.45, 7) is 7.97. The first-order chi connectivity index (χ1) is 5.82. The van der Waals surface area contributed by atoms with E-state index in [0.29, 0.717) is 5.57 Å². The van der Waals surface area contributed by atoms with E-state index in [2.05, 4.69) is 30.5 Å². The first-order valence-electron chi connectivity index (χ1n) is 3.17. The molecular formula is C8H12O4S. The first kappa shape index (κ1) is 14.3. The predicted octanol–water partition coefficient (Wildman–Crippen LogP) is 1.25. The van der Waals surface area contributed by atoms with E-state index >= 15 is 0 Å². The van der Waals surface area contributed by atoms with Crippen molar-refractivity contribution in [3.63, 3.8) is 0 Å². The smallest absolute Gasteiger partial charge is 0.341 e. The van der Waals surface area contributed by atoms with Crippen LogP contribution in [0.15, 0.2) is 23.6 Å².